The number of primary amides is 1. The lowest BCUT2D eigenvalue weighted by atomic mass is 9.88. The number of halogens is 1. The summed E-state index contributed by atoms with van der Waals surface area (Å²) in [5, 5.41) is 17.4. The molecular formula is C21H24FN7O3. The summed E-state index contributed by atoms with van der Waals surface area (Å²) in [6.07, 6.45) is 3.84. The first-order valence-electron chi connectivity index (χ1n) is 10.5. The van der Waals surface area contributed by atoms with Gasteiger partial charge in [-0.1, -0.05) is 0 Å². The van der Waals surface area contributed by atoms with E-state index in [1.165, 1.54) is 15.3 Å². The average molecular weight is 441 g/mol. The van der Waals surface area contributed by atoms with Gasteiger partial charge in [-0.2, -0.15) is 9.61 Å². The van der Waals surface area contributed by atoms with Gasteiger partial charge in [0.15, 0.2) is 5.65 Å². The van der Waals surface area contributed by atoms with E-state index >= 15 is 0 Å². The van der Waals surface area contributed by atoms with Crippen LogP contribution in [0.4, 0.5) is 21.7 Å². The minimum atomic E-state index is -0.873. The Labute approximate surface area is 182 Å². The molecule has 2 aliphatic carbocycles. The zero-order valence-corrected chi connectivity index (χ0v) is 17.5. The number of aliphatic hydroxyl groups is 1. The van der Waals surface area contributed by atoms with Crippen LogP contribution in [0.2, 0.25) is 0 Å². The Hall–Kier alpha value is -3.47. The number of pyridine rings is 1. The Kier molecular flexibility index (Phi) is 4.85. The van der Waals surface area contributed by atoms with Crippen molar-refractivity contribution < 1.29 is 14.3 Å². The Morgan fingerprint density at radius 2 is 2.16 bits per heavy atom. The van der Waals surface area contributed by atoms with Crippen molar-refractivity contribution >= 4 is 28.9 Å². The fourth-order valence-corrected chi connectivity index (χ4v) is 4.30. The number of anilines is 3. The molecule has 0 saturated heterocycles. The first-order valence-corrected chi connectivity index (χ1v) is 10.5. The van der Waals surface area contributed by atoms with E-state index < -0.39 is 18.2 Å². The third-order valence-corrected chi connectivity index (χ3v) is 6.47. The summed E-state index contributed by atoms with van der Waals surface area (Å²) >= 11 is 0. The van der Waals surface area contributed by atoms with E-state index in [9.17, 15) is 19.1 Å². The summed E-state index contributed by atoms with van der Waals surface area (Å²) in [7, 11) is 1.83. The maximum absolute atomic E-state index is 13.3. The molecule has 10 nitrogen and oxygen atoms in total. The van der Waals surface area contributed by atoms with Gasteiger partial charge in [0.1, 0.15) is 29.1 Å². The van der Waals surface area contributed by atoms with Crippen molar-refractivity contribution in [3.8, 4) is 0 Å². The molecular weight excluding hydrogens is 417 g/mol. The number of nitrogens with one attached hydrogen (secondary N) is 1. The van der Waals surface area contributed by atoms with Gasteiger partial charge in [-0.3, -0.25) is 9.59 Å². The molecule has 3 aromatic rings. The van der Waals surface area contributed by atoms with Gasteiger partial charge in [0.25, 0.3) is 11.5 Å². The van der Waals surface area contributed by atoms with Gasteiger partial charge in [-0.15, -0.1) is 0 Å². The van der Waals surface area contributed by atoms with Crippen LogP contribution in [0.15, 0.2) is 35.4 Å². The standard InChI is InChI=1S/C21H24FN7O3/c1-27(15-4-5-16(15)30)18-9-17(26-20-13(19(23)31)10-24-29(18)20)25-14-3-2-6-28(21(14)32)12-7-11(22)8-12/h2-3,6,9-12,15-16,30H,4-5,7-8H2,1H3,(H2,23,31)(H,25,26). The number of aromatic nitrogens is 4. The zero-order valence-electron chi connectivity index (χ0n) is 17.5. The van der Waals surface area contributed by atoms with Gasteiger partial charge in [0.2, 0.25) is 0 Å². The number of likely N-dealkylation sites (N-methyl/N-ethyl adjacent to an activating group) is 1. The summed E-state index contributed by atoms with van der Waals surface area (Å²) in [5.41, 5.74) is 5.88. The van der Waals surface area contributed by atoms with Crippen molar-refractivity contribution in [3.63, 3.8) is 0 Å². The topological polar surface area (TPSA) is 131 Å². The van der Waals surface area contributed by atoms with Gasteiger partial charge in [0.05, 0.1) is 18.3 Å². The van der Waals surface area contributed by atoms with Crippen molar-refractivity contribution in [3.05, 3.63) is 46.5 Å². The Morgan fingerprint density at radius 1 is 1.38 bits per heavy atom. The number of hydrogen-bond acceptors (Lipinski definition) is 7. The van der Waals surface area contributed by atoms with E-state index in [4.69, 9.17) is 5.73 Å². The van der Waals surface area contributed by atoms with Crippen LogP contribution in [-0.4, -0.2) is 55.5 Å². The number of aliphatic hydroxyl groups excluding tert-OH is 1. The zero-order chi connectivity index (χ0) is 22.6. The van der Waals surface area contributed by atoms with Gasteiger partial charge >= 0.3 is 0 Å². The summed E-state index contributed by atoms with van der Waals surface area (Å²) in [4.78, 5) is 31.2. The molecule has 3 heterocycles. The maximum atomic E-state index is 13.3. The smallest absolute Gasteiger partial charge is 0.274 e. The number of nitrogens with two attached hydrogens (primary N) is 1. The highest BCUT2D eigenvalue weighted by atomic mass is 19.1. The predicted molar refractivity (Wildman–Crippen MR) is 116 cm³/mol. The normalized spacial score (nSPS) is 24.6. The third-order valence-electron chi connectivity index (χ3n) is 6.47. The van der Waals surface area contributed by atoms with E-state index in [-0.39, 0.29) is 34.5 Å². The van der Waals surface area contributed by atoms with Crippen molar-refractivity contribution in [1.82, 2.24) is 19.2 Å². The van der Waals surface area contributed by atoms with E-state index in [0.717, 1.165) is 6.42 Å². The molecule has 0 aromatic carbocycles. The largest absolute Gasteiger partial charge is 0.391 e. The lowest BCUT2D eigenvalue weighted by molar-refractivity contribution is 0.0664. The molecule has 1 amide bonds. The highest BCUT2D eigenvalue weighted by Crippen LogP contribution is 2.34. The number of fused-ring (bicyclic) bond motifs is 1. The molecule has 2 saturated carbocycles. The second kappa shape index (κ2) is 7.59. The second-order valence-corrected chi connectivity index (χ2v) is 8.46. The Balaban J connectivity index is 1.56. The van der Waals surface area contributed by atoms with E-state index in [1.807, 2.05) is 11.9 Å². The molecule has 2 fully saturated rings. The number of rotatable bonds is 6. The number of carbonyl (C=O) groups is 1. The predicted octanol–water partition coefficient (Wildman–Crippen LogP) is 1.37. The van der Waals surface area contributed by atoms with Crippen molar-refractivity contribution in [2.75, 3.05) is 17.3 Å². The molecule has 0 aliphatic heterocycles. The molecule has 4 N–H and O–H groups in total. The van der Waals surface area contributed by atoms with Gasteiger partial charge in [0, 0.05) is 25.4 Å². The summed E-state index contributed by atoms with van der Waals surface area (Å²) in [6, 6.07) is 4.79. The molecule has 0 radical (unpaired) electrons. The van der Waals surface area contributed by atoms with Crippen molar-refractivity contribution in [2.45, 2.75) is 50.0 Å². The molecule has 0 spiro atoms. The summed E-state index contributed by atoms with van der Waals surface area (Å²) in [5.74, 6) is 0.238. The molecule has 168 valence electrons. The molecule has 11 heteroatoms. The monoisotopic (exact) mass is 441 g/mol. The van der Waals surface area contributed by atoms with Crippen LogP contribution < -0.4 is 21.5 Å². The van der Waals surface area contributed by atoms with E-state index in [1.54, 1.807) is 24.4 Å². The highest BCUT2D eigenvalue weighted by molar-refractivity contribution is 5.99. The van der Waals surface area contributed by atoms with E-state index in [0.29, 0.717) is 30.9 Å². The van der Waals surface area contributed by atoms with Gasteiger partial charge in [-0.25, -0.2) is 9.37 Å². The van der Waals surface area contributed by atoms with Gasteiger partial charge < -0.3 is 25.6 Å². The lowest BCUT2D eigenvalue weighted by Crippen LogP contribution is -2.49. The number of amides is 1. The van der Waals surface area contributed by atoms with Crippen LogP contribution in [0.25, 0.3) is 5.65 Å². The number of carbonyl (C=O) groups excluding carboxylic acids is 1. The van der Waals surface area contributed by atoms with Crippen molar-refractivity contribution in [2.24, 2.45) is 5.73 Å². The van der Waals surface area contributed by atoms with Crippen LogP contribution in [0.1, 0.15) is 42.1 Å². The summed E-state index contributed by atoms with van der Waals surface area (Å²) in [6.45, 7) is 0. The van der Waals surface area contributed by atoms with Crippen LogP contribution in [0, 0.1) is 0 Å². The average Bonchev–Trinajstić information content (AvgIpc) is 3.15. The molecule has 3 aromatic heterocycles. The Bertz CT molecular complexity index is 1250. The van der Waals surface area contributed by atoms with Crippen LogP contribution in [0.5, 0.6) is 0 Å². The Morgan fingerprint density at radius 3 is 2.78 bits per heavy atom. The first-order chi connectivity index (χ1) is 15.3. The van der Waals surface area contributed by atoms with Crippen LogP contribution in [-0.2, 0) is 0 Å². The molecule has 2 unspecified atom stereocenters. The van der Waals surface area contributed by atoms with Gasteiger partial charge in [-0.05, 0) is 37.8 Å². The van der Waals surface area contributed by atoms with Crippen LogP contribution >= 0.6 is 0 Å². The minimum absolute atomic E-state index is 0.101. The van der Waals surface area contributed by atoms with Crippen molar-refractivity contribution in [1.29, 1.82) is 0 Å². The molecule has 2 aliphatic rings. The number of nitrogens with zero attached hydrogens (tertiary/aromatic N) is 5. The minimum Gasteiger partial charge on any atom is -0.391 e. The second-order valence-electron chi connectivity index (χ2n) is 8.46. The quantitative estimate of drug-likeness (QED) is 0.526. The molecule has 0 bridgehead atoms. The number of hydrogen-bond donors (Lipinski definition) is 3. The highest BCUT2D eigenvalue weighted by Gasteiger charge is 2.34. The maximum Gasteiger partial charge on any atom is 0.274 e. The summed E-state index contributed by atoms with van der Waals surface area (Å²) < 4.78 is 16.3. The molecule has 5 rings (SSSR count). The van der Waals surface area contributed by atoms with E-state index in [2.05, 4.69) is 15.4 Å². The molecule has 32 heavy (non-hydrogen) atoms. The molecule has 2 atom stereocenters. The van der Waals surface area contributed by atoms with Crippen LogP contribution in [0.3, 0.4) is 0 Å². The number of alkyl halides is 1. The first kappa shape index (κ1) is 20.4. The fraction of sp³-hybridized carbons (Fsp3) is 0.429. The third kappa shape index (κ3) is 3.29. The SMILES string of the molecule is CN(c1cc(Nc2cccn(C3CC(F)C3)c2=O)nc2c(C(N)=O)cnn12)C1CCC1O. The fourth-order valence-electron chi connectivity index (χ4n) is 4.30. The lowest BCUT2D eigenvalue weighted by Gasteiger charge is -2.40.